The molecule has 0 saturated heterocycles. The Morgan fingerprint density at radius 2 is 0.504 bits per heavy atom. The molecule has 19 aromatic rings. The summed E-state index contributed by atoms with van der Waals surface area (Å²) < 4.78 is 10.1. The summed E-state index contributed by atoms with van der Waals surface area (Å²) >= 11 is 0. The Morgan fingerprint density at radius 1 is 0.197 bits per heavy atom. The molecular weight excluding hydrogens is 1420 g/mol. The molecule has 21 rings (SSSR count). The van der Waals surface area contributed by atoms with Crippen molar-refractivity contribution in [1.82, 2.24) is 18.3 Å². The molecule has 15 aromatic carbocycles. The topological polar surface area (TPSA) is 26.2 Å². The van der Waals surface area contributed by atoms with Crippen LogP contribution in [-0.2, 0) is 27.1 Å². The Hall–Kier alpha value is -12.8. The molecule has 0 aliphatic carbocycles. The van der Waals surface area contributed by atoms with Gasteiger partial charge in [0.25, 0.3) is 6.71 Å². The molecule has 0 N–H and O–H groups in total. The molecule has 0 radical (unpaired) electrons. The second kappa shape index (κ2) is 25.8. The summed E-state index contributed by atoms with van der Waals surface area (Å²) in [5, 5.41) is 9.78. The van der Waals surface area contributed by atoms with Crippen LogP contribution in [0.5, 0.6) is 0 Å². The predicted octanol–water partition coefficient (Wildman–Crippen LogP) is 28.0. The molecule has 4 aromatic heterocycles. The minimum Gasteiger partial charge on any atom is -0.311 e. The van der Waals surface area contributed by atoms with E-state index in [0.29, 0.717) is 0 Å². The zero-order chi connectivity index (χ0) is 80.3. The highest BCUT2D eigenvalue weighted by atomic mass is 15.2. The Morgan fingerprint density at radius 3 is 0.838 bits per heavy atom. The van der Waals surface area contributed by atoms with Crippen LogP contribution >= 0.6 is 0 Å². The van der Waals surface area contributed by atoms with Crippen LogP contribution in [0.4, 0.5) is 34.1 Å². The summed E-state index contributed by atoms with van der Waals surface area (Å²) in [7, 11) is 0. The molecule has 570 valence electrons. The molecule has 0 atom stereocenters. The zero-order valence-electron chi connectivity index (χ0n) is 69.8. The monoisotopic (exact) mass is 1510 g/mol. The van der Waals surface area contributed by atoms with E-state index in [4.69, 9.17) is 0 Å². The van der Waals surface area contributed by atoms with Crippen molar-refractivity contribution in [2.75, 3.05) is 9.80 Å². The molecule has 6 heterocycles. The van der Waals surface area contributed by atoms with Crippen LogP contribution in [-0.4, -0.2) is 25.0 Å². The zero-order valence-corrected chi connectivity index (χ0v) is 69.8. The van der Waals surface area contributed by atoms with E-state index in [2.05, 4.69) is 447 Å². The van der Waals surface area contributed by atoms with Crippen LogP contribution in [0.2, 0.25) is 0 Å². The number of hydrogen-bond donors (Lipinski definition) is 0. The van der Waals surface area contributed by atoms with Gasteiger partial charge in [0, 0.05) is 88.6 Å². The van der Waals surface area contributed by atoms with E-state index in [1.165, 1.54) is 132 Å². The van der Waals surface area contributed by atoms with E-state index < -0.39 is 0 Å². The lowest BCUT2D eigenvalue weighted by Crippen LogP contribution is -2.61. The van der Waals surface area contributed by atoms with E-state index in [1.54, 1.807) is 0 Å². The van der Waals surface area contributed by atoms with Gasteiger partial charge in [-0.2, -0.15) is 0 Å². The first-order valence-corrected chi connectivity index (χ1v) is 41.8. The molecule has 2 aliphatic rings. The molecule has 6 nitrogen and oxygen atoms in total. The Bertz CT molecular complexity index is 6750. The van der Waals surface area contributed by atoms with Crippen LogP contribution in [0.1, 0.15) is 132 Å². The van der Waals surface area contributed by atoms with Crippen molar-refractivity contribution in [2.24, 2.45) is 0 Å². The molecule has 0 bridgehead atoms. The lowest BCUT2D eigenvalue weighted by molar-refractivity contribution is 0.590. The van der Waals surface area contributed by atoms with E-state index in [9.17, 15) is 0 Å². The minimum atomic E-state index is -0.343. The van der Waals surface area contributed by atoms with Gasteiger partial charge in [-0.05, 0) is 251 Å². The van der Waals surface area contributed by atoms with Crippen LogP contribution in [0.25, 0.3) is 132 Å². The van der Waals surface area contributed by atoms with Gasteiger partial charge in [0.05, 0.1) is 55.5 Å². The minimum absolute atomic E-state index is 0.0664. The van der Waals surface area contributed by atoms with Gasteiger partial charge >= 0.3 is 0 Å². The largest absolute Gasteiger partial charge is 0.311 e. The van der Waals surface area contributed by atoms with Crippen molar-refractivity contribution >= 4 is 144 Å². The third kappa shape index (κ3) is 11.3. The lowest BCUT2D eigenvalue weighted by atomic mass is 9.33. The maximum absolute atomic E-state index is 2.72. The average molecular weight is 1510 g/mol. The number of hydrogen-bond acceptors (Lipinski definition) is 2. The van der Waals surface area contributed by atoms with Gasteiger partial charge in [-0.15, -0.1) is 0 Å². The maximum Gasteiger partial charge on any atom is 0.252 e. The SMILES string of the molecule is CC(C)(C)c1cc2c3c(c1)N(c1cccc4c1c1cc(-c5ccccc5)ccc1n4-c1ccccc1)c1cc(-n4c5ccc(C(C)(C)C)cc5c5cc(C(C)(C)C)ccc54)ccc1B3c1ccc(-n3c4ccc(C(C)(C)C)cc4c4cc(C(C)(C)C)ccc43)cc1N2c1cccc2c1c1cc(-c3ccccc3)ccc1n2-c1ccccc1. The van der Waals surface area contributed by atoms with E-state index in [-0.39, 0.29) is 33.8 Å². The summed E-state index contributed by atoms with van der Waals surface area (Å²) in [5.41, 5.74) is 34.9. The molecule has 7 heteroatoms. The Balaban J connectivity index is 0.919. The van der Waals surface area contributed by atoms with Crippen molar-refractivity contribution in [1.29, 1.82) is 0 Å². The highest BCUT2D eigenvalue weighted by Gasteiger charge is 2.46. The molecule has 0 saturated carbocycles. The third-order valence-electron chi connectivity index (χ3n) is 25.7. The maximum atomic E-state index is 2.72. The number of fused-ring (bicyclic) bond motifs is 16. The lowest BCUT2D eigenvalue weighted by Gasteiger charge is -2.45. The van der Waals surface area contributed by atoms with E-state index >= 15 is 0 Å². The second-order valence-electron chi connectivity index (χ2n) is 38.2. The Labute approximate surface area is 687 Å². The van der Waals surface area contributed by atoms with Gasteiger partial charge in [-0.25, -0.2) is 0 Å². The fourth-order valence-electron chi connectivity index (χ4n) is 19.5. The van der Waals surface area contributed by atoms with Crippen molar-refractivity contribution < 1.29 is 0 Å². The number of anilines is 6. The van der Waals surface area contributed by atoms with Crippen LogP contribution in [0.15, 0.2) is 315 Å². The summed E-state index contributed by atoms with van der Waals surface area (Å²) in [6, 6.07) is 122. The smallest absolute Gasteiger partial charge is 0.252 e. The van der Waals surface area contributed by atoms with Gasteiger partial charge in [0.2, 0.25) is 0 Å². The van der Waals surface area contributed by atoms with E-state index in [1.807, 2.05) is 0 Å². The molecular formula is C110H97BN6. The van der Waals surface area contributed by atoms with Gasteiger partial charge < -0.3 is 28.1 Å². The molecule has 0 unspecified atom stereocenters. The van der Waals surface area contributed by atoms with Gasteiger partial charge in [0.15, 0.2) is 0 Å². The first-order chi connectivity index (χ1) is 56.2. The molecule has 0 spiro atoms. The van der Waals surface area contributed by atoms with Crippen molar-refractivity contribution in [3.8, 4) is 45.0 Å². The van der Waals surface area contributed by atoms with Crippen molar-refractivity contribution in [3.63, 3.8) is 0 Å². The summed E-state index contributed by atoms with van der Waals surface area (Å²) in [4.78, 5) is 5.45. The second-order valence-corrected chi connectivity index (χ2v) is 38.2. The summed E-state index contributed by atoms with van der Waals surface area (Å²) in [5.74, 6) is 0. The number of aromatic nitrogens is 4. The van der Waals surface area contributed by atoms with Gasteiger partial charge in [-0.1, -0.05) is 262 Å². The molecule has 0 fully saturated rings. The molecule has 117 heavy (non-hydrogen) atoms. The number of benzene rings is 15. The van der Waals surface area contributed by atoms with Gasteiger partial charge in [0.1, 0.15) is 0 Å². The van der Waals surface area contributed by atoms with Crippen LogP contribution < -0.4 is 26.2 Å². The number of nitrogens with zero attached hydrogens (tertiary/aromatic N) is 6. The quantitative estimate of drug-likeness (QED) is 0.142. The normalized spacial score (nSPS) is 13.4. The summed E-state index contributed by atoms with van der Waals surface area (Å²) in [6.07, 6.45) is 0. The van der Waals surface area contributed by atoms with Crippen LogP contribution in [0, 0.1) is 0 Å². The van der Waals surface area contributed by atoms with E-state index in [0.717, 1.165) is 78.9 Å². The third-order valence-corrected chi connectivity index (χ3v) is 25.7. The Kier molecular flexibility index (Phi) is 15.9. The number of para-hydroxylation sites is 2. The average Bonchev–Trinajstić information content (AvgIpc) is 1.56. The fraction of sp³-hybridized carbons (Fsp3) is 0.182. The highest BCUT2D eigenvalue weighted by Crippen LogP contribution is 2.54. The number of rotatable bonds is 8. The first-order valence-electron chi connectivity index (χ1n) is 41.8. The van der Waals surface area contributed by atoms with Gasteiger partial charge in [-0.3, -0.25) is 0 Å². The first kappa shape index (κ1) is 71.9. The van der Waals surface area contributed by atoms with Crippen molar-refractivity contribution in [3.05, 3.63) is 343 Å². The van der Waals surface area contributed by atoms with Crippen LogP contribution in [0.3, 0.4) is 0 Å². The standard InChI is InChI=1S/C110H97BN6/c1-106(2,3)72-44-54-89-81(60-72)82-61-73(107(4,5)6)45-55-90(82)114(89)79-48-50-87-99(66-79)116(97-40-28-38-95-103(97)85-58-70(68-30-20-16-21-31-68)42-52-93(85)112(95)77-34-24-18-25-35-77)101-64-76(110(13,14)15)65-102-105(101)111(87)88-51-49-80(115-91-56-46-74(108(7,8)9)62-83(91)84-63-75(109(10,11)12)47-57-92(84)115)67-100(88)117(102)98-41-29-39-96-104(98)86-59-71(69-32-22-17-23-33-69)43-53-94(86)113(96)78-36-26-19-27-37-78/h16-67H,1-15H3. The highest BCUT2D eigenvalue weighted by molar-refractivity contribution is 7.00. The fourth-order valence-corrected chi connectivity index (χ4v) is 19.5. The predicted molar refractivity (Wildman–Crippen MR) is 502 cm³/mol. The van der Waals surface area contributed by atoms with Crippen molar-refractivity contribution in [2.45, 2.75) is 131 Å². The molecule has 0 amide bonds. The molecule has 2 aliphatic heterocycles. The summed E-state index contributed by atoms with van der Waals surface area (Å²) in [6.45, 7) is 35.0.